The van der Waals surface area contributed by atoms with Gasteiger partial charge < -0.3 is 62.2 Å². The maximum atomic E-state index is 6.88. The van der Waals surface area contributed by atoms with Crippen molar-refractivity contribution in [1.82, 2.24) is 9.21 Å². The molecule has 18 heteroatoms. The Morgan fingerprint density at radius 1 is 0.407 bits per heavy atom. The number of benzene rings is 6. The molecule has 6 aromatic carbocycles. The Bertz CT molecular complexity index is 2270. The molecule has 0 aliphatic carbocycles. The van der Waals surface area contributed by atoms with Crippen molar-refractivity contribution in [2.45, 2.75) is 0 Å². The molecule has 6 aromatic rings. The lowest BCUT2D eigenvalue weighted by Crippen LogP contribution is -2.37. The second kappa shape index (κ2) is 15.9. The first-order chi connectivity index (χ1) is 26.2. The van der Waals surface area contributed by atoms with Gasteiger partial charge in [-0.2, -0.15) is 0 Å². The molecule has 0 spiro atoms. The Balaban J connectivity index is 1.54. The van der Waals surface area contributed by atoms with E-state index in [-0.39, 0.29) is 51.6 Å². The number of nitrogen functional groups attached to an aromatic ring is 6. The molecule has 0 amide bonds. The third-order valence-electron chi connectivity index (χ3n) is 7.51. The summed E-state index contributed by atoms with van der Waals surface area (Å²) in [6.45, 7) is 0. The molecule has 276 valence electrons. The Morgan fingerprint density at radius 2 is 0.741 bits per heavy atom. The molecule has 0 saturated carbocycles. The van der Waals surface area contributed by atoms with Crippen LogP contribution in [0.2, 0.25) is 0 Å². The second-order valence-corrected chi connectivity index (χ2v) is 16.9. The highest BCUT2D eigenvalue weighted by molar-refractivity contribution is 7.78. The van der Waals surface area contributed by atoms with Crippen LogP contribution in [0.5, 0.6) is 34.5 Å². The summed E-state index contributed by atoms with van der Waals surface area (Å²) in [6.07, 6.45) is 0. The van der Waals surface area contributed by atoms with Crippen LogP contribution < -0.4 is 62.2 Å². The molecular weight excluding hydrogens is 747 g/mol. The summed E-state index contributed by atoms with van der Waals surface area (Å²) in [5.74, 6) is 1.44. The van der Waals surface area contributed by atoms with Gasteiger partial charge in [0.05, 0.1) is 34.1 Å². The maximum absolute atomic E-state index is 6.88. The van der Waals surface area contributed by atoms with E-state index in [9.17, 15) is 0 Å². The molecule has 12 N–H and O–H groups in total. The lowest BCUT2D eigenvalue weighted by molar-refractivity contribution is 0.0557. The van der Waals surface area contributed by atoms with Crippen molar-refractivity contribution >= 4 is 58.7 Å². The number of nitrogens with zero attached hydrogens (tertiary/aromatic N) is 3. The molecule has 0 fully saturated rings. The number of para-hydroxylation sites is 12. The van der Waals surface area contributed by atoms with Gasteiger partial charge in [0.1, 0.15) is 11.5 Å². The average molecular weight is 784 g/mol. The molecule has 0 saturated heterocycles. The molecule has 1 aliphatic heterocycles. The monoisotopic (exact) mass is 783 g/mol. The van der Waals surface area contributed by atoms with Crippen LogP contribution in [0.3, 0.4) is 0 Å². The fourth-order valence-corrected chi connectivity index (χ4v) is 12.4. The second-order valence-electron chi connectivity index (χ2n) is 11.4. The molecular formula is C36H36N9O6P3. The topological polar surface area (TPSA) is 230 Å². The SMILES string of the molecule is Nc1ccccc1ON1P(Oc2ccccc2N)N=P(Oc2ccccc2N)(Oc2ccccc2N)N(Oc2ccccc2N)P1Oc1ccccc1N. The molecule has 1 heterocycles. The Morgan fingerprint density at radius 3 is 1.15 bits per heavy atom. The van der Waals surface area contributed by atoms with Gasteiger partial charge in [0.15, 0.2) is 23.0 Å². The summed E-state index contributed by atoms with van der Waals surface area (Å²) in [5, 5.41) is 0. The Hall–Kier alpha value is -6.07. The van der Waals surface area contributed by atoms with Crippen LogP contribution in [0.15, 0.2) is 150 Å². The summed E-state index contributed by atoms with van der Waals surface area (Å²) in [6, 6.07) is 41.4. The van der Waals surface area contributed by atoms with Crippen LogP contribution in [0, 0.1) is 0 Å². The predicted octanol–water partition coefficient (Wildman–Crippen LogP) is 8.80. The van der Waals surface area contributed by atoms with Crippen LogP contribution in [0.1, 0.15) is 0 Å². The smallest absolute Gasteiger partial charge is 0.438 e. The first kappa shape index (κ1) is 36.3. The summed E-state index contributed by atoms with van der Waals surface area (Å²) in [5.41, 5.74) is 40.6. The number of hydrogen-bond donors (Lipinski definition) is 6. The van der Waals surface area contributed by atoms with E-state index in [4.69, 9.17) is 66.7 Å². The van der Waals surface area contributed by atoms with Gasteiger partial charge in [-0.3, -0.25) is 0 Å². The third kappa shape index (κ3) is 7.81. The highest BCUT2D eigenvalue weighted by Crippen LogP contribution is 2.78. The quantitative estimate of drug-likeness (QED) is 0.0503. The van der Waals surface area contributed by atoms with Gasteiger partial charge in [0.2, 0.25) is 0 Å². The molecule has 2 unspecified atom stereocenters. The van der Waals surface area contributed by atoms with Gasteiger partial charge >= 0.3 is 24.6 Å². The summed E-state index contributed by atoms with van der Waals surface area (Å²) in [4.78, 5) is 13.4. The molecule has 0 bridgehead atoms. The Kier molecular flexibility index (Phi) is 10.7. The van der Waals surface area contributed by atoms with E-state index in [0.29, 0.717) is 17.1 Å². The fraction of sp³-hybridized carbons (Fsp3) is 0. The molecule has 7 rings (SSSR count). The van der Waals surface area contributed by atoms with Crippen molar-refractivity contribution in [3.8, 4) is 34.5 Å². The molecule has 0 aromatic heterocycles. The lowest BCUT2D eigenvalue weighted by Gasteiger charge is -2.44. The van der Waals surface area contributed by atoms with Gasteiger partial charge in [-0.15, -0.1) is 4.52 Å². The number of anilines is 6. The minimum Gasteiger partial charge on any atom is -0.438 e. The van der Waals surface area contributed by atoms with Crippen molar-refractivity contribution in [3.05, 3.63) is 146 Å². The van der Waals surface area contributed by atoms with Crippen LogP contribution in [-0.4, -0.2) is 9.21 Å². The minimum atomic E-state index is -4.16. The van der Waals surface area contributed by atoms with E-state index in [0.717, 1.165) is 0 Å². The first-order valence-corrected chi connectivity index (χ1v) is 20.1. The summed E-state index contributed by atoms with van der Waals surface area (Å²) < 4.78 is 35.2. The lowest BCUT2D eigenvalue weighted by atomic mass is 10.3. The van der Waals surface area contributed by atoms with Crippen LogP contribution >= 0.6 is 24.6 Å². The van der Waals surface area contributed by atoms with Gasteiger partial charge in [0.25, 0.3) is 0 Å². The molecule has 54 heavy (non-hydrogen) atoms. The fourth-order valence-electron chi connectivity index (χ4n) is 4.79. The van der Waals surface area contributed by atoms with E-state index in [1.165, 1.54) is 9.21 Å². The highest BCUT2D eigenvalue weighted by atomic mass is 31.3. The first-order valence-electron chi connectivity index (χ1n) is 16.2. The van der Waals surface area contributed by atoms with E-state index < -0.39 is 24.6 Å². The zero-order valence-electron chi connectivity index (χ0n) is 28.5. The zero-order valence-corrected chi connectivity index (χ0v) is 31.1. The maximum Gasteiger partial charge on any atom is 0.447 e. The van der Waals surface area contributed by atoms with E-state index in [2.05, 4.69) is 0 Å². The van der Waals surface area contributed by atoms with Gasteiger partial charge in [0, 0.05) is 9.21 Å². The standard InChI is InChI=1S/C36H36N9O6P3/c37-25-13-1-7-19-31(25)46-44-52(48-33-21-9-3-15-27(33)39)43-54(50-35-23-11-5-17-29(35)41,51-36-24-12-6-18-30(36)42)45(47-32-20-8-2-14-26(32)38)53(44)49-34-22-10-4-16-28(34)40/h1-24H,37-42H2. The summed E-state index contributed by atoms with van der Waals surface area (Å²) >= 11 is 0. The van der Waals surface area contributed by atoms with Crippen molar-refractivity contribution in [1.29, 1.82) is 0 Å². The summed E-state index contributed by atoms with van der Waals surface area (Å²) in [7, 11) is -9.04. The number of nitrogens with two attached hydrogens (primary N) is 6. The van der Waals surface area contributed by atoms with E-state index in [1.54, 1.807) is 146 Å². The van der Waals surface area contributed by atoms with Crippen LogP contribution in [-0.2, 0) is 0 Å². The van der Waals surface area contributed by atoms with E-state index >= 15 is 0 Å². The highest BCUT2D eigenvalue weighted by Gasteiger charge is 2.58. The minimum absolute atomic E-state index is 0.210. The van der Waals surface area contributed by atoms with Gasteiger partial charge in [-0.25, -0.2) is 0 Å². The van der Waals surface area contributed by atoms with Gasteiger partial charge in [-0.05, 0) is 72.8 Å². The average Bonchev–Trinajstić information content (AvgIpc) is 3.16. The Labute approximate surface area is 313 Å². The molecule has 15 nitrogen and oxygen atoms in total. The number of rotatable bonds is 12. The zero-order chi connectivity index (χ0) is 37.7. The number of hydrogen-bond acceptors (Lipinski definition) is 15. The normalized spacial score (nSPS) is 16.7. The van der Waals surface area contributed by atoms with Crippen molar-refractivity contribution in [2.75, 3.05) is 34.4 Å². The van der Waals surface area contributed by atoms with Gasteiger partial charge in [-0.1, -0.05) is 72.8 Å². The van der Waals surface area contributed by atoms with Crippen LogP contribution in [0.25, 0.3) is 0 Å². The largest absolute Gasteiger partial charge is 0.447 e. The predicted molar refractivity (Wildman–Crippen MR) is 216 cm³/mol. The molecule has 2 atom stereocenters. The van der Waals surface area contributed by atoms with E-state index in [1.807, 2.05) is 0 Å². The van der Waals surface area contributed by atoms with Crippen molar-refractivity contribution < 1.29 is 27.8 Å². The molecule has 1 aliphatic rings. The van der Waals surface area contributed by atoms with Crippen LogP contribution in [0.4, 0.5) is 34.1 Å². The van der Waals surface area contributed by atoms with Crippen molar-refractivity contribution in [2.24, 2.45) is 4.52 Å². The van der Waals surface area contributed by atoms with Crippen molar-refractivity contribution in [3.63, 3.8) is 0 Å². The third-order valence-corrected chi connectivity index (χ3v) is 14.3. The molecule has 0 radical (unpaired) electrons.